The van der Waals surface area contributed by atoms with Gasteiger partial charge in [-0.1, -0.05) is 36.4 Å². The number of hydrogen-bond donors (Lipinski definition) is 2. The molecule has 2 N–H and O–H groups in total. The van der Waals surface area contributed by atoms with Crippen LogP contribution in [0.5, 0.6) is 0 Å². The van der Waals surface area contributed by atoms with Crippen molar-refractivity contribution in [2.24, 2.45) is 5.92 Å². The Morgan fingerprint density at radius 3 is 1.95 bits per heavy atom. The van der Waals surface area contributed by atoms with Crippen LogP contribution in [0.15, 0.2) is 84.9 Å². The first-order valence-corrected chi connectivity index (χ1v) is 12.8. The zero-order valence-corrected chi connectivity index (χ0v) is 21.8. The molecule has 0 radical (unpaired) electrons. The van der Waals surface area contributed by atoms with Crippen LogP contribution in [-0.4, -0.2) is 59.1 Å². The maximum Gasteiger partial charge on any atom is 0.328 e. The molecular formula is C31H31F2NO6. The Hall–Kier alpha value is -4.21. The van der Waals surface area contributed by atoms with Gasteiger partial charge in [0, 0.05) is 30.2 Å². The van der Waals surface area contributed by atoms with E-state index in [1.807, 2.05) is 24.3 Å². The van der Waals surface area contributed by atoms with Crippen molar-refractivity contribution in [2.45, 2.75) is 19.4 Å². The van der Waals surface area contributed by atoms with E-state index in [4.69, 9.17) is 14.9 Å². The van der Waals surface area contributed by atoms with Gasteiger partial charge >= 0.3 is 11.9 Å². The van der Waals surface area contributed by atoms with Gasteiger partial charge in [-0.3, -0.25) is 4.79 Å². The molecule has 1 aliphatic heterocycles. The summed E-state index contributed by atoms with van der Waals surface area (Å²) in [7, 11) is 0. The summed E-state index contributed by atoms with van der Waals surface area (Å²) in [5, 5.41) is 15.6. The van der Waals surface area contributed by atoms with Crippen molar-refractivity contribution < 1.29 is 38.1 Å². The monoisotopic (exact) mass is 551 g/mol. The molecule has 1 saturated heterocycles. The third-order valence-electron chi connectivity index (χ3n) is 6.44. The van der Waals surface area contributed by atoms with E-state index in [1.54, 1.807) is 24.3 Å². The fourth-order valence-corrected chi connectivity index (χ4v) is 4.34. The van der Waals surface area contributed by atoms with Crippen LogP contribution in [0.2, 0.25) is 0 Å². The fraction of sp³-hybridized carbons (Fsp3) is 0.258. The van der Waals surface area contributed by atoms with Crippen molar-refractivity contribution in [1.82, 2.24) is 4.90 Å². The second kappa shape index (κ2) is 15.4. The highest BCUT2D eigenvalue weighted by Gasteiger charge is 2.25. The van der Waals surface area contributed by atoms with Crippen LogP contribution in [0.25, 0.3) is 11.1 Å². The number of Topliss-reactive ketones (excluding diaryl/α,β-unsaturated/α-hetero) is 1. The van der Waals surface area contributed by atoms with E-state index in [-0.39, 0.29) is 23.3 Å². The highest BCUT2D eigenvalue weighted by Crippen LogP contribution is 2.25. The van der Waals surface area contributed by atoms with Crippen LogP contribution in [-0.2, 0) is 20.9 Å². The molecule has 7 nitrogen and oxygen atoms in total. The van der Waals surface area contributed by atoms with Gasteiger partial charge in [0.15, 0.2) is 5.78 Å². The number of rotatable bonds is 10. The zero-order chi connectivity index (χ0) is 28.9. The topological polar surface area (TPSA) is 104 Å². The van der Waals surface area contributed by atoms with Gasteiger partial charge in [0.05, 0.1) is 13.2 Å². The first kappa shape index (κ1) is 30.3. The van der Waals surface area contributed by atoms with Crippen LogP contribution < -0.4 is 0 Å². The van der Waals surface area contributed by atoms with E-state index in [1.165, 1.54) is 24.3 Å². The smallest absolute Gasteiger partial charge is 0.328 e. The molecular weight excluding hydrogens is 520 g/mol. The van der Waals surface area contributed by atoms with Gasteiger partial charge in [-0.25, -0.2) is 18.4 Å². The average Bonchev–Trinajstić information content (AvgIpc) is 2.96. The summed E-state index contributed by atoms with van der Waals surface area (Å²) in [5.74, 6) is -2.97. The number of benzene rings is 3. The molecule has 0 spiro atoms. The number of aliphatic carboxylic acids is 2. The van der Waals surface area contributed by atoms with Gasteiger partial charge < -0.3 is 19.8 Å². The molecule has 9 heteroatoms. The van der Waals surface area contributed by atoms with E-state index in [0.29, 0.717) is 30.9 Å². The molecule has 0 unspecified atom stereocenters. The van der Waals surface area contributed by atoms with Gasteiger partial charge in [-0.2, -0.15) is 0 Å². The number of carbonyl (C=O) groups excluding carboxylic acids is 1. The number of carbonyl (C=O) groups is 3. The summed E-state index contributed by atoms with van der Waals surface area (Å²) < 4.78 is 32.3. The Morgan fingerprint density at radius 2 is 1.38 bits per heavy atom. The Morgan fingerprint density at radius 1 is 0.825 bits per heavy atom. The third kappa shape index (κ3) is 9.83. The van der Waals surface area contributed by atoms with E-state index in [9.17, 15) is 23.2 Å². The molecule has 3 aromatic rings. The Labute approximate surface area is 231 Å². The first-order valence-electron chi connectivity index (χ1n) is 12.8. The lowest BCUT2D eigenvalue weighted by atomic mass is 9.89. The molecule has 4 rings (SSSR count). The summed E-state index contributed by atoms with van der Waals surface area (Å²) in [6.07, 6.45) is 2.73. The molecule has 0 aliphatic carbocycles. The summed E-state index contributed by atoms with van der Waals surface area (Å²) in [6, 6.07) is 20.3. The number of ketones is 1. The minimum atomic E-state index is -1.26. The van der Waals surface area contributed by atoms with Gasteiger partial charge in [0.1, 0.15) is 11.6 Å². The van der Waals surface area contributed by atoms with Gasteiger partial charge in [0.2, 0.25) is 0 Å². The number of piperidine rings is 1. The lowest BCUT2D eigenvalue weighted by Crippen LogP contribution is -2.38. The number of nitrogens with zero attached hydrogens (tertiary/aromatic N) is 1. The van der Waals surface area contributed by atoms with Crippen molar-refractivity contribution in [3.63, 3.8) is 0 Å². The predicted octanol–water partition coefficient (Wildman–Crippen LogP) is 5.46. The SMILES string of the molecule is O=C(O)/C=C\C(=O)O.O=C(c1ccc(F)cc1)C1CCN(CCOCc2ccccc2-c2ccc(F)cc2)CC1. The Bertz CT molecular complexity index is 1280. The third-order valence-corrected chi connectivity index (χ3v) is 6.44. The number of ether oxygens (including phenoxy) is 1. The van der Waals surface area contributed by atoms with Crippen molar-refractivity contribution in [2.75, 3.05) is 26.2 Å². The van der Waals surface area contributed by atoms with Crippen LogP contribution in [0.4, 0.5) is 8.78 Å². The number of carboxylic acids is 2. The van der Waals surface area contributed by atoms with Crippen molar-refractivity contribution >= 4 is 17.7 Å². The van der Waals surface area contributed by atoms with Gasteiger partial charge in [-0.15, -0.1) is 0 Å². The molecule has 1 heterocycles. The van der Waals surface area contributed by atoms with Crippen molar-refractivity contribution in [1.29, 1.82) is 0 Å². The quantitative estimate of drug-likeness (QED) is 0.196. The molecule has 40 heavy (non-hydrogen) atoms. The maximum atomic E-state index is 13.2. The summed E-state index contributed by atoms with van der Waals surface area (Å²) in [5.41, 5.74) is 3.68. The fourth-order valence-electron chi connectivity index (χ4n) is 4.34. The number of carboxylic acid groups (broad SMARTS) is 2. The first-order chi connectivity index (χ1) is 19.2. The predicted molar refractivity (Wildman–Crippen MR) is 146 cm³/mol. The van der Waals surface area contributed by atoms with Crippen LogP contribution >= 0.6 is 0 Å². The average molecular weight is 552 g/mol. The molecule has 0 amide bonds. The number of likely N-dealkylation sites (tertiary alicyclic amines) is 1. The Kier molecular flexibility index (Phi) is 11.7. The van der Waals surface area contributed by atoms with Crippen LogP contribution in [0, 0.1) is 17.6 Å². The number of halogens is 2. The molecule has 0 saturated carbocycles. The van der Waals surface area contributed by atoms with Crippen LogP contribution in [0.1, 0.15) is 28.8 Å². The minimum Gasteiger partial charge on any atom is -0.478 e. The normalized spacial score (nSPS) is 13.9. The summed E-state index contributed by atoms with van der Waals surface area (Å²) >= 11 is 0. The van der Waals surface area contributed by atoms with Gasteiger partial charge in [-0.05, 0) is 79.0 Å². The highest BCUT2D eigenvalue weighted by molar-refractivity contribution is 5.97. The molecule has 1 fully saturated rings. The lowest BCUT2D eigenvalue weighted by molar-refractivity contribution is -0.134. The minimum absolute atomic E-state index is 0.000200. The molecule has 1 aliphatic rings. The van der Waals surface area contributed by atoms with E-state index >= 15 is 0 Å². The number of hydrogen-bond acceptors (Lipinski definition) is 5. The van der Waals surface area contributed by atoms with E-state index in [2.05, 4.69) is 4.90 Å². The van der Waals surface area contributed by atoms with Crippen molar-refractivity contribution in [3.05, 3.63) is 108 Å². The van der Waals surface area contributed by atoms with Crippen LogP contribution in [0.3, 0.4) is 0 Å². The second-order valence-electron chi connectivity index (χ2n) is 9.21. The maximum absolute atomic E-state index is 13.2. The standard InChI is InChI=1S/C27H27F2NO2.C4H4O4/c28-24-9-5-20(6-10-24)26-4-2-1-3-23(26)19-32-18-17-30-15-13-22(14-16-30)27(31)21-7-11-25(29)12-8-21;5-3(6)1-2-4(7)8/h1-12,22H,13-19H2;1-2H,(H,5,6)(H,7,8)/b;2-1-. The molecule has 3 aromatic carbocycles. The van der Waals surface area contributed by atoms with Gasteiger partial charge in [0.25, 0.3) is 0 Å². The van der Waals surface area contributed by atoms with E-state index in [0.717, 1.165) is 49.2 Å². The highest BCUT2D eigenvalue weighted by atomic mass is 19.1. The molecule has 0 atom stereocenters. The summed E-state index contributed by atoms with van der Waals surface area (Å²) in [6.45, 7) is 3.62. The van der Waals surface area contributed by atoms with Crippen molar-refractivity contribution in [3.8, 4) is 11.1 Å². The lowest BCUT2D eigenvalue weighted by Gasteiger charge is -2.31. The molecule has 0 aromatic heterocycles. The molecule has 210 valence electrons. The van der Waals surface area contributed by atoms with E-state index < -0.39 is 11.9 Å². The summed E-state index contributed by atoms with van der Waals surface area (Å²) in [4.78, 5) is 34.0. The largest absolute Gasteiger partial charge is 0.478 e. The molecule has 0 bridgehead atoms. The Balaban J connectivity index is 0.000000482. The zero-order valence-electron chi connectivity index (χ0n) is 21.8. The second-order valence-corrected chi connectivity index (χ2v) is 9.21.